The van der Waals surface area contributed by atoms with Crippen LogP contribution >= 0.6 is 0 Å². The van der Waals surface area contributed by atoms with Crippen molar-refractivity contribution in [2.75, 3.05) is 12.4 Å². The fraction of sp³-hybridized carbons (Fsp3) is 0.154. The molecule has 0 atom stereocenters. The Balaban J connectivity index is 2.24. The zero-order valence-corrected chi connectivity index (χ0v) is 11.9. The lowest BCUT2D eigenvalue weighted by atomic mass is 10.2. The predicted molar refractivity (Wildman–Crippen MR) is 74.2 cm³/mol. The molecule has 1 heterocycles. The molecule has 0 saturated heterocycles. The lowest BCUT2D eigenvalue weighted by Crippen LogP contribution is -2.24. The standard InChI is InChI=1S/C13H13F2N3O2S/c1-16-12-4-5-17-8-13(12)21(19,20)18-7-9-6-10(14)2-3-11(9)15/h2-6,8,18H,7H2,1H3,(H,16,17). The van der Waals surface area contributed by atoms with Crippen LogP contribution in [0.5, 0.6) is 0 Å². The van der Waals surface area contributed by atoms with E-state index in [1.54, 1.807) is 7.05 Å². The van der Waals surface area contributed by atoms with Crippen molar-refractivity contribution in [2.24, 2.45) is 0 Å². The van der Waals surface area contributed by atoms with Gasteiger partial charge in [0, 0.05) is 31.5 Å². The molecular weight excluding hydrogens is 300 g/mol. The molecule has 1 aromatic carbocycles. The molecule has 5 nitrogen and oxygen atoms in total. The van der Waals surface area contributed by atoms with Crippen molar-refractivity contribution in [2.45, 2.75) is 11.4 Å². The van der Waals surface area contributed by atoms with Gasteiger partial charge >= 0.3 is 0 Å². The lowest BCUT2D eigenvalue weighted by Gasteiger charge is -2.11. The molecule has 2 N–H and O–H groups in total. The second-order valence-electron chi connectivity index (χ2n) is 4.18. The summed E-state index contributed by atoms with van der Waals surface area (Å²) in [6.07, 6.45) is 2.62. The van der Waals surface area contributed by atoms with Gasteiger partial charge < -0.3 is 5.32 Å². The highest BCUT2D eigenvalue weighted by Gasteiger charge is 2.18. The first-order valence-corrected chi connectivity index (χ1v) is 7.47. The molecule has 0 aliphatic rings. The maximum atomic E-state index is 13.5. The Morgan fingerprint density at radius 1 is 1.24 bits per heavy atom. The summed E-state index contributed by atoms with van der Waals surface area (Å²) in [5, 5.41) is 2.73. The van der Waals surface area contributed by atoms with E-state index in [0.29, 0.717) is 5.69 Å². The van der Waals surface area contributed by atoms with Gasteiger partial charge in [-0.1, -0.05) is 0 Å². The Morgan fingerprint density at radius 2 is 2.00 bits per heavy atom. The third kappa shape index (κ3) is 3.53. The molecule has 0 amide bonds. The molecule has 2 aromatic rings. The van der Waals surface area contributed by atoms with Crippen molar-refractivity contribution in [1.29, 1.82) is 0 Å². The number of nitrogens with zero attached hydrogens (tertiary/aromatic N) is 1. The van der Waals surface area contributed by atoms with Crippen LogP contribution in [0.4, 0.5) is 14.5 Å². The van der Waals surface area contributed by atoms with Gasteiger partial charge in [0.1, 0.15) is 16.5 Å². The highest BCUT2D eigenvalue weighted by molar-refractivity contribution is 7.89. The van der Waals surface area contributed by atoms with E-state index in [2.05, 4.69) is 15.0 Å². The summed E-state index contributed by atoms with van der Waals surface area (Å²) < 4.78 is 53.1. The van der Waals surface area contributed by atoms with Gasteiger partial charge in [0.25, 0.3) is 0 Å². The van der Waals surface area contributed by atoms with Crippen LogP contribution < -0.4 is 10.0 Å². The number of pyridine rings is 1. The first-order valence-electron chi connectivity index (χ1n) is 5.99. The van der Waals surface area contributed by atoms with Crippen LogP contribution in [0.3, 0.4) is 0 Å². The van der Waals surface area contributed by atoms with Gasteiger partial charge in [0.15, 0.2) is 0 Å². The number of sulfonamides is 1. The molecule has 0 fully saturated rings. The highest BCUT2D eigenvalue weighted by atomic mass is 32.2. The second kappa shape index (κ2) is 6.15. The number of rotatable bonds is 5. The summed E-state index contributed by atoms with van der Waals surface area (Å²) in [7, 11) is -2.32. The van der Waals surface area contributed by atoms with Gasteiger partial charge in [0.2, 0.25) is 10.0 Å². The smallest absolute Gasteiger partial charge is 0.244 e. The normalized spacial score (nSPS) is 11.4. The van der Waals surface area contributed by atoms with Gasteiger partial charge in [-0.3, -0.25) is 4.98 Å². The molecule has 0 bridgehead atoms. The number of hydrogen-bond donors (Lipinski definition) is 2. The minimum absolute atomic E-state index is 0.0655. The van der Waals surface area contributed by atoms with Crippen molar-refractivity contribution in [3.05, 3.63) is 53.9 Å². The van der Waals surface area contributed by atoms with E-state index in [1.165, 1.54) is 18.5 Å². The first kappa shape index (κ1) is 15.3. The largest absolute Gasteiger partial charge is 0.387 e. The Bertz CT molecular complexity index is 751. The van der Waals surface area contributed by atoms with Gasteiger partial charge in [-0.15, -0.1) is 0 Å². The summed E-state index contributed by atoms with van der Waals surface area (Å²) in [4.78, 5) is 3.69. The summed E-state index contributed by atoms with van der Waals surface area (Å²) in [5.41, 5.74) is 0.283. The summed E-state index contributed by atoms with van der Waals surface area (Å²) in [6.45, 7) is -0.357. The molecule has 21 heavy (non-hydrogen) atoms. The SMILES string of the molecule is CNc1ccncc1S(=O)(=O)NCc1cc(F)ccc1F. The molecule has 0 saturated carbocycles. The highest BCUT2D eigenvalue weighted by Crippen LogP contribution is 2.19. The molecule has 0 aliphatic carbocycles. The van der Waals surface area contributed by atoms with E-state index in [9.17, 15) is 17.2 Å². The molecule has 0 aliphatic heterocycles. The van der Waals surface area contributed by atoms with Crippen LogP contribution in [0.15, 0.2) is 41.6 Å². The molecule has 2 rings (SSSR count). The molecule has 0 spiro atoms. The Labute approximate surface area is 121 Å². The molecular formula is C13H13F2N3O2S. The Kier molecular flexibility index (Phi) is 4.49. The van der Waals surface area contributed by atoms with Crippen LogP contribution in [-0.2, 0) is 16.6 Å². The van der Waals surface area contributed by atoms with Crippen LogP contribution in [-0.4, -0.2) is 20.4 Å². The van der Waals surface area contributed by atoms with Gasteiger partial charge in [-0.05, 0) is 24.3 Å². The van der Waals surface area contributed by atoms with Gasteiger partial charge in [-0.25, -0.2) is 21.9 Å². The number of anilines is 1. The van der Waals surface area contributed by atoms with Crippen molar-refractivity contribution in [1.82, 2.24) is 9.71 Å². The fourth-order valence-electron chi connectivity index (χ4n) is 1.73. The van der Waals surface area contributed by atoms with Crippen molar-refractivity contribution in [3.63, 3.8) is 0 Å². The van der Waals surface area contributed by atoms with Gasteiger partial charge in [0.05, 0.1) is 5.69 Å². The zero-order valence-electron chi connectivity index (χ0n) is 11.1. The van der Waals surface area contributed by atoms with Crippen LogP contribution in [0, 0.1) is 11.6 Å². The minimum Gasteiger partial charge on any atom is -0.387 e. The molecule has 8 heteroatoms. The van der Waals surface area contributed by atoms with Crippen LogP contribution in [0.1, 0.15) is 5.56 Å². The maximum Gasteiger partial charge on any atom is 0.244 e. The first-order chi connectivity index (χ1) is 9.94. The lowest BCUT2D eigenvalue weighted by molar-refractivity contribution is 0.567. The third-order valence-corrected chi connectivity index (χ3v) is 4.23. The van der Waals surface area contributed by atoms with Crippen LogP contribution in [0.2, 0.25) is 0 Å². The minimum atomic E-state index is -3.89. The van der Waals surface area contributed by atoms with Crippen LogP contribution in [0.25, 0.3) is 0 Å². The van der Waals surface area contributed by atoms with E-state index in [1.807, 2.05) is 0 Å². The average Bonchev–Trinajstić information content (AvgIpc) is 2.48. The fourth-order valence-corrected chi connectivity index (χ4v) is 2.89. The predicted octanol–water partition coefficient (Wildman–Crippen LogP) is 1.88. The van der Waals surface area contributed by atoms with Crippen molar-refractivity contribution in [3.8, 4) is 0 Å². The monoisotopic (exact) mass is 313 g/mol. The van der Waals surface area contributed by atoms with E-state index in [0.717, 1.165) is 18.2 Å². The number of nitrogens with one attached hydrogen (secondary N) is 2. The van der Waals surface area contributed by atoms with E-state index < -0.39 is 21.7 Å². The Morgan fingerprint density at radius 3 is 2.71 bits per heavy atom. The number of benzene rings is 1. The zero-order chi connectivity index (χ0) is 15.5. The van der Waals surface area contributed by atoms with E-state index >= 15 is 0 Å². The molecule has 112 valence electrons. The molecule has 0 unspecified atom stereocenters. The number of aromatic nitrogens is 1. The number of halogens is 2. The number of hydrogen-bond acceptors (Lipinski definition) is 4. The summed E-state index contributed by atoms with van der Waals surface area (Å²) in [6, 6.07) is 4.35. The van der Waals surface area contributed by atoms with Crippen molar-refractivity contribution >= 4 is 15.7 Å². The second-order valence-corrected chi connectivity index (χ2v) is 5.92. The molecule has 0 radical (unpaired) electrons. The Hall–Kier alpha value is -2.06. The summed E-state index contributed by atoms with van der Waals surface area (Å²) in [5.74, 6) is -1.32. The average molecular weight is 313 g/mol. The van der Waals surface area contributed by atoms with E-state index in [-0.39, 0.29) is 17.0 Å². The summed E-state index contributed by atoms with van der Waals surface area (Å²) >= 11 is 0. The maximum absolute atomic E-state index is 13.5. The molecule has 1 aromatic heterocycles. The quantitative estimate of drug-likeness (QED) is 0.884. The van der Waals surface area contributed by atoms with Gasteiger partial charge in [-0.2, -0.15) is 0 Å². The third-order valence-electron chi connectivity index (χ3n) is 2.80. The topological polar surface area (TPSA) is 71.1 Å². The van der Waals surface area contributed by atoms with Crippen molar-refractivity contribution < 1.29 is 17.2 Å². The van der Waals surface area contributed by atoms with E-state index in [4.69, 9.17) is 0 Å².